The smallest absolute Gasteiger partial charge is 0.412 e. The summed E-state index contributed by atoms with van der Waals surface area (Å²) in [4.78, 5) is 27.1. The minimum absolute atomic E-state index is 0.0307. The Morgan fingerprint density at radius 3 is 2.41 bits per heavy atom. The largest absolute Gasteiger partial charge is 0.444 e. The molecule has 2 aromatic carbocycles. The molecule has 0 unspecified atom stereocenters. The molecule has 1 aliphatic heterocycles. The van der Waals surface area contributed by atoms with Crippen molar-refractivity contribution in [3.63, 3.8) is 0 Å². The Hall–Kier alpha value is -2.86. The topological polar surface area (TPSA) is 70.7 Å². The summed E-state index contributed by atoms with van der Waals surface area (Å²) in [6.45, 7) is 8.40. The van der Waals surface area contributed by atoms with Crippen LogP contribution in [0.1, 0.15) is 38.8 Å². The van der Waals surface area contributed by atoms with Crippen molar-refractivity contribution in [1.29, 1.82) is 0 Å². The fourth-order valence-corrected chi connectivity index (χ4v) is 3.40. The highest BCUT2D eigenvalue weighted by Gasteiger charge is 2.26. The molecule has 0 spiro atoms. The van der Waals surface area contributed by atoms with Crippen molar-refractivity contribution >= 4 is 29.1 Å². The monoisotopic (exact) mass is 395 g/mol. The molecule has 0 atom stereocenters. The van der Waals surface area contributed by atoms with Crippen molar-refractivity contribution in [1.82, 2.24) is 5.32 Å². The first-order valence-electron chi connectivity index (χ1n) is 10.0. The molecule has 0 saturated heterocycles. The van der Waals surface area contributed by atoms with Gasteiger partial charge in [-0.2, -0.15) is 0 Å². The number of amides is 2. The zero-order chi connectivity index (χ0) is 21.0. The Bertz CT molecular complexity index is 902. The van der Waals surface area contributed by atoms with Gasteiger partial charge in [-0.3, -0.25) is 15.0 Å². The molecule has 0 bridgehead atoms. The van der Waals surface area contributed by atoms with E-state index >= 15 is 0 Å². The maximum absolute atomic E-state index is 13.1. The van der Waals surface area contributed by atoms with Crippen LogP contribution in [0.2, 0.25) is 0 Å². The fourth-order valence-electron chi connectivity index (χ4n) is 3.40. The number of aryl methyl sites for hydroxylation is 2. The van der Waals surface area contributed by atoms with Crippen LogP contribution in [0.25, 0.3) is 0 Å². The quantitative estimate of drug-likeness (QED) is 0.805. The highest BCUT2D eigenvalue weighted by molar-refractivity contribution is 6.04. The molecule has 0 aliphatic carbocycles. The second kappa shape index (κ2) is 8.66. The van der Waals surface area contributed by atoms with Crippen LogP contribution in [0.15, 0.2) is 42.5 Å². The van der Waals surface area contributed by atoms with Gasteiger partial charge in [0, 0.05) is 5.69 Å². The zero-order valence-corrected chi connectivity index (χ0v) is 17.5. The Morgan fingerprint density at radius 2 is 1.72 bits per heavy atom. The number of benzene rings is 2. The average molecular weight is 396 g/mol. The van der Waals surface area contributed by atoms with Crippen LogP contribution in [0.3, 0.4) is 0 Å². The summed E-state index contributed by atoms with van der Waals surface area (Å²) in [7, 11) is 0. The number of hydrogen-bond acceptors (Lipinski definition) is 4. The molecule has 0 fully saturated rings. The summed E-state index contributed by atoms with van der Waals surface area (Å²) in [6.07, 6.45) is 1.16. The summed E-state index contributed by atoms with van der Waals surface area (Å²) in [5.74, 6) is -0.0307. The molecule has 3 rings (SSSR count). The summed E-state index contributed by atoms with van der Waals surface area (Å²) in [5, 5.41) is 5.90. The van der Waals surface area contributed by atoms with Crippen molar-refractivity contribution in [3.8, 4) is 0 Å². The number of nitrogens with one attached hydrogen (secondary N) is 2. The van der Waals surface area contributed by atoms with Gasteiger partial charge in [0.1, 0.15) is 5.60 Å². The Morgan fingerprint density at radius 1 is 1.03 bits per heavy atom. The van der Waals surface area contributed by atoms with Gasteiger partial charge in [-0.25, -0.2) is 4.79 Å². The molecule has 2 aromatic rings. The number of anilines is 3. The van der Waals surface area contributed by atoms with Gasteiger partial charge in [-0.05, 0) is 69.5 Å². The van der Waals surface area contributed by atoms with Crippen LogP contribution in [0.5, 0.6) is 0 Å². The summed E-state index contributed by atoms with van der Waals surface area (Å²) in [6, 6.07) is 13.7. The molecular weight excluding hydrogens is 366 g/mol. The number of fused-ring (bicyclic) bond motifs is 2. The van der Waals surface area contributed by atoms with Gasteiger partial charge in [0.25, 0.3) is 0 Å². The van der Waals surface area contributed by atoms with Crippen LogP contribution >= 0.6 is 0 Å². The van der Waals surface area contributed by atoms with Gasteiger partial charge < -0.3 is 10.1 Å². The van der Waals surface area contributed by atoms with E-state index < -0.39 is 11.7 Å². The molecule has 1 aliphatic rings. The van der Waals surface area contributed by atoms with E-state index in [0.717, 1.165) is 35.3 Å². The highest BCUT2D eigenvalue weighted by Crippen LogP contribution is 2.37. The van der Waals surface area contributed by atoms with E-state index in [1.54, 1.807) is 4.90 Å². The van der Waals surface area contributed by atoms with Crippen molar-refractivity contribution in [2.75, 3.05) is 23.3 Å². The van der Waals surface area contributed by atoms with Crippen molar-refractivity contribution in [3.05, 3.63) is 53.6 Å². The molecule has 2 amide bonds. The number of ether oxygens (including phenoxy) is 1. The fraction of sp³-hybridized carbons (Fsp3) is 0.391. The van der Waals surface area contributed by atoms with Crippen LogP contribution in [0, 0.1) is 0 Å². The molecule has 0 saturated carbocycles. The lowest BCUT2D eigenvalue weighted by Crippen LogP contribution is -2.35. The zero-order valence-electron chi connectivity index (χ0n) is 17.5. The van der Waals surface area contributed by atoms with Crippen LogP contribution in [-0.2, 0) is 22.4 Å². The van der Waals surface area contributed by atoms with Gasteiger partial charge in [0.15, 0.2) is 0 Å². The van der Waals surface area contributed by atoms with E-state index in [2.05, 4.69) is 16.7 Å². The number of carbonyl (C=O) groups is 2. The van der Waals surface area contributed by atoms with E-state index in [1.807, 2.05) is 64.1 Å². The van der Waals surface area contributed by atoms with Crippen LogP contribution in [0.4, 0.5) is 21.9 Å². The first kappa shape index (κ1) is 20.9. The second-order valence-electron chi connectivity index (χ2n) is 8.11. The highest BCUT2D eigenvalue weighted by atomic mass is 16.6. The first-order chi connectivity index (χ1) is 13.8. The predicted octanol–water partition coefficient (Wildman–Crippen LogP) is 4.41. The minimum Gasteiger partial charge on any atom is -0.444 e. The van der Waals surface area contributed by atoms with Crippen molar-refractivity contribution < 1.29 is 14.3 Å². The van der Waals surface area contributed by atoms with E-state index in [4.69, 9.17) is 4.74 Å². The number of hydrogen-bond donors (Lipinski definition) is 2. The van der Waals surface area contributed by atoms with Crippen molar-refractivity contribution in [2.24, 2.45) is 0 Å². The average Bonchev–Trinajstić information content (AvgIpc) is 2.81. The van der Waals surface area contributed by atoms with Crippen LogP contribution < -0.4 is 15.5 Å². The lowest BCUT2D eigenvalue weighted by Gasteiger charge is -2.26. The van der Waals surface area contributed by atoms with Crippen molar-refractivity contribution in [2.45, 2.75) is 46.1 Å². The molecule has 0 radical (unpaired) electrons. The van der Waals surface area contributed by atoms with Gasteiger partial charge in [-0.15, -0.1) is 0 Å². The van der Waals surface area contributed by atoms with Gasteiger partial charge >= 0.3 is 6.09 Å². The minimum atomic E-state index is -0.581. The maximum atomic E-state index is 13.1. The number of rotatable bonds is 4. The van der Waals surface area contributed by atoms with Gasteiger partial charge in [0.05, 0.1) is 17.9 Å². The van der Waals surface area contributed by atoms with E-state index in [-0.39, 0.29) is 12.5 Å². The summed E-state index contributed by atoms with van der Waals surface area (Å²) >= 11 is 0. The lowest BCUT2D eigenvalue weighted by molar-refractivity contribution is -0.117. The summed E-state index contributed by atoms with van der Waals surface area (Å²) < 4.78 is 5.35. The third kappa shape index (κ3) is 5.15. The Kier molecular flexibility index (Phi) is 6.23. The molecule has 0 aromatic heterocycles. The lowest BCUT2D eigenvalue weighted by atomic mass is 10.0. The number of nitrogens with zero attached hydrogens (tertiary/aromatic N) is 1. The molecule has 1 heterocycles. The van der Waals surface area contributed by atoms with E-state index in [1.165, 1.54) is 0 Å². The molecule has 29 heavy (non-hydrogen) atoms. The number of para-hydroxylation sites is 1. The normalized spacial score (nSPS) is 13.2. The maximum Gasteiger partial charge on any atom is 0.412 e. The first-order valence-corrected chi connectivity index (χ1v) is 10.0. The number of likely N-dealkylation sites (N-methyl/N-ethyl adjacent to an activating group) is 1. The molecule has 6 heteroatoms. The Labute approximate surface area is 172 Å². The van der Waals surface area contributed by atoms with Gasteiger partial charge in [0.2, 0.25) is 5.91 Å². The SMILES string of the molecule is CCNCC(=O)N1c2ccccc2CCc2ccc(NC(=O)OC(C)(C)C)cc21. The van der Waals surface area contributed by atoms with Crippen LogP contribution in [-0.4, -0.2) is 30.7 Å². The Balaban J connectivity index is 1.98. The second-order valence-corrected chi connectivity index (χ2v) is 8.11. The third-order valence-electron chi connectivity index (χ3n) is 4.64. The standard InChI is InChI=1S/C23H29N3O3/c1-5-24-15-21(27)26-19-9-7-6-8-16(19)10-11-17-12-13-18(14-20(17)26)25-22(28)29-23(2,3)4/h6-9,12-14,24H,5,10-11,15H2,1-4H3,(H,25,28). The van der Waals surface area contributed by atoms with E-state index in [9.17, 15) is 9.59 Å². The molecule has 2 N–H and O–H groups in total. The van der Waals surface area contributed by atoms with Gasteiger partial charge in [-0.1, -0.05) is 31.2 Å². The molecule has 6 nitrogen and oxygen atoms in total. The van der Waals surface area contributed by atoms with E-state index in [0.29, 0.717) is 12.2 Å². The molecule has 154 valence electrons. The molecular formula is C23H29N3O3. The predicted molar refractivity (Wildman–Crippen MR) is 116 cm³/mol. The third-order valence-corrected chi connectivity index (χ3v) is 4.64. The number of carbonyl (C=O) groups excluding carboxylic acids is 2. The summed E-state index contributed by atoms with van der Waals surface area (Å²) in [5.41, 5.74) is 3.91.